The predicted molar refractivity (Wildman–Crippen MR) is 49.9 cm³/mol. The van der Waals surface area contributed by atoms with Crippen LogP contribution in [0.1, 0.15) is 31.8 Å². The van der Waals surface area contributed by atoms with Gasteiger partial charge in [-0.15, -0.1) is 0 Å². The van der Waals surface area contributed by atoms with Crippen LogP contribution in [0.5, 0.6) is 0 Å². The highest BCUT2D eigenvalue weighted by molar-refractivity contribution is 5.95. The Morgan fingerprint density at radius 1 is 1.27 bits per heavy atom. The highest BCUT2D eigenvalue weighted by atomic mass is 19.1. The van der Waals surface area contributed by atoms with Crippen molar-refractivity contribution >= 4 is 11.9 Å². The van der Waals surface area contributed by atoms with E-state index in [2.05, 4.69) is 0 Å². The van der Waals surface area contributed by atoms with E-state index in [1.54, 1.807) is 0 Å². The van der Waals surface area contributed by atoms with Gasteiger partial charge in [0, 0.05) is 5.56 Å². The van der Waals surface area contributed by atoms with Crippen LogP contribution in [-0.2, 0) is 6.67 Å². The molecule has 0 unspecified atom stereocenters. The molecule has 15 heavy (non-hydrogen) atoms. The van der Waals surface area contributed by atoms with Gasteiger partial charge in [-0.2, -0.15) is 0 Å². The zero-order valence-electron chi connectivity index (χ0n) is 7.95. The molecule has 0 aliphatic rings. The number of alkyl halides is 1. The number of carbonyl (C=O) groups is 2. The van der Waals surface area contributed by atoms with Crippen molar-refractivity contribution in [1.82, 2.24) is 0 Å². The van der Waals surface area contributed by atoms with Gasteiger partial charge in [-0.1, -0.05) is 0 Å². The van der Waals surface area contributed by atoms with Gasteiger partial charge in [0.1, 0.15) is 6.67 Å². The number of halogens is 1. The minimum absolute atomic E-state index is 0.0208. The van der Waals surface area contributed by atoms with E-state index in [0.717, 1.165) is 6.07 Å². The van der Waals surface area contributed by atoms with E-state index in [-0.39, 0.29) is 16.7 Å². The minimum atomic E-state index is -1.33. The molecule has 5 heteroatoms. The van der Waals surface area contributed by atoms with Crippen LogP contribution in [0, 0.1) is 6.92 Å². The molecule has 0 spiro atoms. The van der Waals surface area contributed by atoms with Gasteiger partial charge in [0.25, 0.3) is 0 Å². The summed E-state index contributed by atoms with van der Waals surface area (Å²) in [5, 5.41) is 17.5. The second-order valence-electron chi connectivity index (χ2n) is 3.06. The van der Waals surface area contributed by atoms with E-state index in [1.165, 1.54) is 13.0 Å². The van der Waals surface area contributed by atoms with E-state index in [9.17, 15) is 14.0 Å². The lowest BCUT2D eigenvalue weighted by Gasteiger charge is -2.07. The molecule has 0 aliphatic carbocycles. The van der Waals surface area contributed by atoms with E-state index >= 15 is 0 Å². The second kappa shape index (κ2) is 4.08. The number of aryl methyl sites for hydroxylation is 1. The van der Waals surface area contributed by atoms with Crippen molar-refractivity contribution in [3.63, 3.8) is 0 Å². The summed E-state index contributed by atoms with van der Waals surface area (Å²) in [6.07, 6.45) is 0. The first-order valence-corrected chi connectivity index (χ1v) is 4.13. The first kappa shape index (κ1) is 11.2. The summed E-state index contributed by atoms with van der Waals surface area (Å²) in [6.45, 7) is 0.557. The maximum absolute atomic E-state index is 12.5. The van der Waals surface area contributed by atoms with Crippen molar-refractivity contribution in [1.29, 1.82) is 0 Å². The number of aromatic carboxylic acids is 2. The SMILES string of the molecule is Cc1cc(C(=O)O)cc(C(=O)O)c1CF. The highest BCUT2D eigenvalue weighted by Crippen LogP contribution is 2.18. The van der Waals surface area contributed by atoms with Crippen LogP contribution < -0.4 is 0 Å². The first-order valence-electron chi connectivity index (χ1n) is 4.13. The van der Waals surface area contributed by atoms with E-state index < -0.39 is 18.6 Å². The molecule has 0 radical (unpaired) electrons. The summed E-state index contributed by atoms with van der Waals surface area (Å²) in [5.41, 5.74) is -0.0979. The third-order valence-electron chi connectivity index (χ3n) is 2.08. The number of carboxylic acid groups (broad SMARTS) is 2. The Kier molecular flexibility index (Phi) is 3.04. The first-order chi connectivity index (χ1) is 6.97. The van der Waals surface area contributed by atoms with E-state index in [1.807, 2.05) is 0 Å². The lowest BCUT2D eigenvalue weighted by molar-refractivity contribution is 0.0694. The van der Waals surface area contributed by atoms with Gasteiger partial charge in [-0.05, 0) is 24.6 Å². The second-order valence-corrected chi connectivity index (χ2v) is 3.06. The number of rotatable bonds is 3. The fourth-order valence-corrected chi connectivity index (χ4v) is 1.31. The summed E-state index contributed by atoms with van der Waals surface area (Å²) >= 11 is 0. The van der Waals surface area contributed by atoms with Gasteiger partial charge in [0.05, 0.1) is 11.1 Å². The van der Waals surface area contributed by atoms with Crippen LogP contribution in [0.4, 0.5) is 4.39 Å². The molecule has 0 saturated carbocycles. The van der Waals surface area contributed by atoms with Crippen LogP contribution in [0.15, 0.2) is 12.1 Å². The van der Waals surface area contributed by atoms with Gasteiger partial charge in [-0.25, -0.2) is 14.0 Å². The van der Waals surface area contributed by atoms with E-state index in [0.29, 0.717) is 5.56 Å². The molecule has 0 bridgehead atoms. The summed E-state index contributed by atoms with van der Waals surface area (Å²) in [6, 6.07) is 2.22. The zero-order chi connectivity index (χ0) is 11.6. The molecular weight excluding hydrogens is 203 g/mol. The molecule has 2 N–H and O–H groups in total. The molecule has 0 aliphatic heterocycles. The van der Waals surface area contributed by atoms with Crippen molar-refractivity contribution < 1.29 is 24.2 Å². The normalized spacial score (nSPS) is 10.0. The van der Waals surface area contributed by atoms with Crippen molar-refractivity contribution in [2.45, 2.75) is 13.6 Å². The standard InChI is InChI=1S/C10H9FO4/c1-5-2-6(9(12)13)3-7(10(14)15)8(5)4-11/h2-3H,4H2,1H3,(H,12,13)(H,14,15). The topological polar surface area (TPSA) is 74.6 Å². The Morgan fingerprint density at radius 3 is 2.27 bits per heavy atom. The van der Waals surface area contributed by atoms with Gasteiger partial charge in [0.2, 0.25) is 0 Å². The molecule has 0 amide bonds. The molecule has 1 aromatic carbocycles. The smallest absolute Gasteiger partial charge is 0.336 e. The van der Waals surface area contributed by atoms with Crippen LogP contribution in [-0.4, -0.2) is 22.2 Å². The molecule has 0 heterocycles. The Labute approximate surface area is 85.0 Å². The monoisotopic (exact) mass is 212 g/mol. The summed E-state index contributed by atoms with van der Waals surface area (Å²) < 4.78 is 12.5. The molecule has 0 saturated heterocycles. The predicted octanol–water partition coefficient (Wildman–Crippen LogP) is 1.86. The fourth-order valence-electron chi connectivity index (χ4n) is 1.31. The van der Waals surface area contributed by atoms with Gasteiger partial charge in [0.15, 0.2) is 0 Å². The van der Waals surface area contributed by atoms with Gasteiger partial charge in [-0.3, -0.25) is 0 Å². The fraction of sp³-hybridized carbons (Fsp3) is 0.200. The number of hydrogen-bond donors (Lipinski definition) is 2. The van der Waals surface area contributed by atoms with Gasteiger partial charge < -0.3 is 10.2 Å². The lowest BCUT2D eigenvalue weighted by Crippen LogP contribution is -2.07. The van der Waals surface area contributed by atoms with Crippen LogP contribution in [0.2, 0.25) is 0 Å². The Balaban J connectivity index is 3.45. The maximum atomic E-state index is 12.5. The molecule has 80 valence electrons. The maximum Gasteiger partial charge on any atom is 0.336 e. The number of hydrogen-bond acceptors (Lipinski definition) is 2. The number of carboxylic acids is 2. The quantitative estimate of drug-likeness (QED) is 0.801. The summed E-state index contributed by atoms with van der Waals surface area (Å²) in [4.78, 5) is 21.4. The zero-order valence-corrected chi connectivity index (χ0v) is 7.95. The van der Waals surface area contributed by atoms with Crippen molar-refractivity contribution in [3.05, 3.63) is 34.4 Å². The van der Waals surface area contributed by atoms with Crippen LogP contribution in [0.3, 0.4) is 0 Å². The van der Waals surface area contributed by atoms with Crippen molar-refractivity contribution in [2.75, 3.05) is 0 Å². The molecular formula is C10H9FO4. The Hall–Kier alpha value is -1.91. The van der Waals surface area contributed by atoms with Crippen LogP contribution >= 0.6 is 0 Å². The molecule has 1 aromatic rings. The molecule has 0 atom stereocenters. The summed E-state index contributed by atoms with van der Waals surface area (Å²) in [5.74, 6) is -2.56. The Morgan fingerprint density at radius 2 is 1.87 bits per heavy atom. The largest absolute Gasteiger partial charge is 0.478 e. The van der Waals surface area contributed by atoms with Gasteiger partial charge >= 0.3 is 11.9 Å². The molecule has 4 nitrogen and oxygen atoms in total. The third-order valence-corrected chi connectivity index (χ3v) is 2.08. The minimum Gasteiger partial charge on any atom is -0.478 e. The number of benzene rings is 1. The average Bonchev–Trinajstić information content (AvgIpc) is 2.16. The average molecular weight is 212 g/mol. The highest BCUT2D eigenvalue weighted by Gasteiger charge is 2.16. The Bertz CT molecular complexity index is 426. The van der Waals surface area contributed by atoms with Crippen molar-refractivity contribution in [2.24, 2.45) is 0 Å². The van der Waals surface area contributed by atoms with E-state index in [4.69, 9.17) is 10.2 Å². The van der Waals surface area contributed by atoms with Crippen molar-refractivity contribution in [3.8, 4) is 0 Å². The molecule has 0 fully saturated rings. The summed E-state index contributed by atoms with van der Waals surface area (Å²) in [7, 11) is 0. The molecule has 0 aromatic heterocycles. The molecule has 1 rings (SSSR count). The third kappa shape index (κ3) is 2.12. The van der Waals surface area contributed by atoms with Crippen LogP contribution in [0.25, 0.3) is 0 Å². The lowest BCUT2D eigenvalue weighted by atomic mass is 9.99.